The van der Waals surface area contributed by atoms with Crippen LogP contribution in [0.5, 0.6) is 0 Å². The summed E-state index contributed by atoms with van der Waals surface area (Å²) in [5.74, 6) is 1.10. The number of aromatic nitrogens is 1. The number of hydrogen-bond acceptors (Lipinski definition) is 6. The van der Waals surface area contributed by atoms with Crippen molar-refractivity contribution in [3.05, 3.63) is 52.5 Å². The summed E-state index contributed by atoms with van der Waals surface area (Å²) in [5, 5.41) is 0.807. The molecule has 1 aliphatic heterocycles. The number of amides is 1. The van der Waals surface area contributed by atoms with Crippen LogP contribution in [-0.2, 0) is 9.53 Å². The Hall–Kier alpha value is -1.45. The van der Waals surface area contributed by atoms with Gasteiger partial charge in [0.25, 0.3) is 0 Å². The molecule has 1 saturated heterocycles. The van der Waals surface area contributed by atoms with Crippen LogP contribution in [-0.4, -0.2) is 60.9 Å². The minimum Gasteiger partial charge on any atom is -0.379 e. The number of hydrogen-bond donors (Lipinski definition) is 0. The second-order valence-corrected chi connectivity index (χ2v) is 11.3. The van der Waals surface area contributed by atoms with Gasteiger partial charge in [-0.3, -0.25) is 14.6 Å². The molecule has 8 heteroatoms. The highest BCUT2D eigenvalue weighted by atomic mass is 79.9. The molecule has 2 aromatic carbocycles. The molecule has 0 unspecified atom stereocenters. The van der Waals surface area contributed by atoms with E-state index in [2.05, 4.69) is 58.1 Å². The minimum absolute atomic E-state index is 0.166. The number of aryl methyl sites for hydroxylation is 1. The number of morpholine rings is 1. The summed E-state index contributed by atoms with van der Waals surface area (Å²) >= 11 is 6.95. The molecule has 0 bridgehead atoms. The van der Waals surface area contributed by atoms with Gasteiger partial charge >= 0.3 is 0 Å². The first kappa shape index (κ1) is 24.7. The first-order chi connectivity index (χ1) is 16.1. The van der Waals surface area contributed by atoms with Crippen LogP contribution in [0.4, 0.5) is 5.13 Å². The minimum atomic E-state index is 0.166. The van der Waals surface area contributed by atoms with Gasteiger partial charge in [0.2, 0.25) is 5.91 Å². The summed E-state index contributed by atoms with van der Waals surface area (Å²) in [4.78, 5) is 23.6. The number of fused-ring (bicyclic) bond motifs is 1. The van der Waals surface area contributed by atoms with Crippen molar-refractivity contribution in [1.82, 2.24) is 9.88 Å². The van der Waals surface area contributed by atoms with E-state index in [1.165, 1.54) is 10.5 Å². The average molecular weight is 549 g/mol. The smallest absolute Gasteiger partial charge is 0.228 e. The zero-order valence-electron chi connectivity index (χ0n) is 19.0. The molecule has 0 radical (unpaired) electrons. The Kier molecular flexibility index (Phi) is 9.20. The summed E-state index contributed by atoms with van der Waals surface area (Å²) in [7, 11) is 0. The van der Waals surface area contributed by atoms with Gasteiger partial charge in [-0.2, -0.15) is 0 Å². The highest BCUT2D eigenvalue weighted by Crippen LogP contribution is 2.31. The van der Waals surface area contributed by atoms with E-state index in [1.807, 2.05) is 28.8 Å². The van der Waals surface area contributed by atoms with Crippen LogP contribution < -0.4 is 4.90 Å². The lowest BCUT2D eigenvalue weighted by atomic mass is 10.2. The third-order valence-electron chi connectivity index (χ3n) is 5.66. The Bertz CT molecular complexity index is 1050. The molecule has 1 aliphatic rings. The Labute approximate surface area is 212 Å². The maximum atomic E-state index is 13.3. The van der Waals surface area contributed by atoms with Crippen molar-refractivity contribution in [3.63, 3.8) is 0 Å². The van der Waals surface area contributed by atoms with Gasteiger partial charge in [0.15, 0.2) is 5.13 Å². The number of nitrogens with zero attached hydrogens (tertiary/aromatic N) is 3. The van der Waals surface area contributed by atoms with Crippen LogP contribution in [0.2, 0.25) is 0 Å². The summed E-state index contributed by atoms with van der Waals surface area (Å²) in [6.45, 7) is 7.32. The van der Waals surface area contributed by atoms with Crippen molar-refractivity contribution in [2.75, 3.05) is 50.0 Å². The van der Waals surface area contributed by atoms with Gasteiger partial charge in [-0.25, -0.2) is 4.98 Å². The summed E-state index contributed by atoms with van der Waals surface area (Å²) in [5.41, 5.74) is 2.21. The second-order valence-electron chi connectivity index (χ2n) is 8.23. The molecule has 0 atom stereocenters. The number of anilines is 1. The first-order valence-electron chi connectivity index (χ1n) is 11.4. The highest BCUT2D eigenvalue weighted by Gasteiger charge is 2.20. The molecule has 1 aromatic heterocycles. The van der Waals surface area contributed by atoms with Gasteiger partial charge in [-0.1, -0.05) is 45.0 Å². The molecule has 0 aliphatic carbocycles. The standard InChI is InChI=1S/C25H30BrN3O2S2/c1-19-5-8-21(9-6-19)32-17-2-4-24(30)29(12-3-11-28-13-15-31-16-14-28)25-27-22-10-7-20(26)18-23(22)33-25/h5-10,18H,2-4,11-17H2,1H3. The first-order valence-corrected chi connectivity index (χ1v) is 14.0. The topological polar surface area (TPSA) is 45.7 Å². The predicted octanol–water partition coefficient (Wildman–Crippen LogP) is 6.00. The molecule has 1 amide bonds. The van der Waals surface area contributed by atoms with E-state index in [0.717, 1.165) is 71.3 Å². The maximum Gasteiger partial charge on any atom is 0.228 e. The van der Waals surface area contributed by atoms with Crippen molar-refractivity contribution in [3.8, 4) is 0 Å². The fraction of sp³-hybridized carbons (Fsp3) is 0.440. The van der Waals surface area contributed by atoms with Crippen molar-refractivity contribution in [2.24, 2.45) is 0 Å². The van der Waals surface area contributed by atoms with Crippen LogP contribution in [0, 0.1) is 6.92 Å². The predicted molar refractivity (Wildman–Crippen MR) is 143 cm³/mol. The van der Waals surface area contributed by atoms with Gasteiger partial charge in [0.1, 0.15) is 0 Å². The van der Waals surface area contributed by atoms with E-state index in [9.17, 15) is 4.79 Å². The van der Waals surface area contributed by atoms with Crippen molar-refractivity contribution >= 4 is 60.3 Å². The molecule has 33 heavy (non-hydrogen) atoms. The zero-order valence-corrected chi connectivity index (χ0v) is 22.2. The number of carbonyl (C=O) groups excluding carboxylic acids is 1. The number of carbonyl (C=O) groups is 1. The molecule has 0 spiro atoms. The lowest BCUT2D eigenvalue weighted by molar-refractivity contribution is -0.118. The van der Waals surface area contributed by atoms with Gasteiger partial charge in [0.05, 0.1) is 23.4 Å². The number of ether oxygens (including phenoxy) is 1. The second kappa shape index (κ2) is 12.3. The Morgan fingerprint density at radius 1 is 1.18 bits per heavy atom. The van der Waals surface area contributed by atoms with Gasteiger partial charge in [-0.05, 0) is 55.9 Å². The molecule has 0 saturated carbocycles. The lowest BCUT2D eigenvalue weighted by Gasteiger charge is -2.27. The van der Waals surface area contributed by atoms with E-state index in [0.29, 0.717) is 13.0 Å². The molecule has 2 heterocycles. The van der Waals surface area contributed by atoms with E-state index >= 15 is 0 Å². The third kappa shape index (κ3) is 7.26. The summed E-state index contributed by atoms with van der Waals surface area (Å²) in [6.07, 6.45) is 2.33. The van der Waals surface area contributed by atoms with Crippen molar-refractivity contribution in [1.29, 1.82) is 0 Å². The van der Waals surface area contributed by atoms with E-state index in [4.69, 9.17) is 9.72 Å². The number of thioether (sulfide) groups is 1. The van der Waals surface area contributed by atoms with Crippen molar-refractivity contribution in [2.45, 2.75) is 31.1 Å². The number of halogens is 1. The lowest BCUT2D eigenvalue weighted by Crippen LogP contribution is -2.39. The van der Waals surface area contributed by atoms with Crippen LogP contribution in [0.3, 0.4) is 0 Å². The van der Waals surface area contributed by atoms with E-state index in [-0.39, 0.29) is 5.91 Å². The fourth-order valence-electron chi connectivity index (χ4n) is 3.79. The molecular weight excluding hydrogens is 518 g/mol. The average Bonchev–Trinajstić information content (AvgIpc) is 3.24. The molecule has 176 valence electrons. The number of thiazole rings is 1. The quantitative estimate of drug-likeness (QED) is 0.230. The monoisotopic (exact) mass is 547 g/mol. The Balaban J connectivity index is 1.36. The van der Waals surface area contributed by atoms with E-state index < -0.39 is 0 Å². The van der Waals surface area contributed by atoms with Crippen molar-refractivity contribution < 1.29 is 9.53 Å². The van der Waals surface area contributed by atoms with E-state index in [1.54, 1.807) is 11.3 Å². The third-order valence-corrected chi connectivity index (χ3v) is 8.29. The van der Waals surface area contributed by atoms with Gasteiger partial charge in [0, 0.05) is 42.0 Å². The molecular formula is C25H30BrN3O2S2. The Morgan fingerprint density at radius 3 is 2.76 bits per heavy atom. The molecule has 3 aromatic rings. The number of rotatable bonds is 10. The summed E-state index contributed by atoms with van der Waals surface area (Å²) in [6, 6.07) is 14.7. The SMILES string of the molecule is Cc1ccc(SCCCC(=O)N(CCCN2CCOCC2)c2nc3ccc(Br)cc3s2)cc1. The molecule has 0 N–H and O–H groups in total. The van der Waals surface area contributed by atoms with Crippen LogP contribution >= 0.6 is 39.0 Å². The highest BCUT2D eigenvalue weighted by molar-refractivity contribution is 9.10. The molecule has 5 nitrogen and oxygen atoms in total. The maximum absolute atomic E-state index is 13.3. The number of benzene rings is 2. The fourth-order valence-corrected chi connectivity index (χ4v) is 6.20. The molecule has 1 fully saturated rings. The zero-order chi connectivity index (χ0) is 23.0. The summed E-state index contributed by atoms with van der Waals surface area (Å²) < 4.78 is 7.58. The van der Waals surface area contributed by atoms with Gasteiger partial charge in [-0.15, -0.1) is 11.8 Å². The van der Waals surface area contributed by atoms with Crippen LogP contribution in [0.1, 0.15) is 24.8 Å². The Morgan fingerprint density at radius 2 is 1.97 bits per heavy atom. The van der Waals surface area contributed by atoms with Gasteiger partial charge < -0.3 is 4.74 Å². The largest absolute Gasteiger partial charge is 0.379 e. The normalized spacial score (nSPS) is 14.6. The van der Waals surface area contributed by atoms with Crippen LogP contribution in [0.25, 0.3) is 10.2 Å². The van der Waals surface area contributed by atoms with Crippen LogP contribution in [0.15, 0.2) is 51.8 Å². The molecule has 4 rings (SSSR count).